The van der Waals surface area contributed by atoms with Crippen molar-refractivity contribution in [1.82, 2.24) is 0 Å². The molecule has 0 saturated carbocycles. The van der Waals surface area contributed by atoms with Crippen LogP contribution in [0.2, 0.25) is 0 Å². The quantitative estimate of drug-likeness (QED) is 0.629. The zero-order valence-corrected chi connectivity index (χ0v) is 12.0. The van der Waals surface area contributed by atoms with E-state index in [-0.39, 0.29) is 0 Å². The van der Waals surface area contributed by atoms with Gasteiger partial charge in [-0.05, 0) is 23.6 Å². The molecule has 0 spiro atoms. The van der Waals surface area contributed by atoms with Crippen LogP contribution in [0.25, 0.3) is 0 Å². The number of rotatable bonds is 7. The highest BCUT2D eigenvalue weighted by Gasteiger charge is 2.04. The Morgan fingerprint density at radius 2 is 2.00 bits per heavy atom. The standard InChI is InChI=1S/C14H15NO2S2/c15-14(18)12-5-1-2-6-13(12)17-8-7-16-10-11-4-3-9-19-11/h1-6,9H,7-8,10H2,(H2,15,18). The minimum Gasteiger partial charge on any atom is -0.490 e. The van der Waals surface area contributed by atoms with Gasteiger partial charge in [-0.15, -0.1) is 11.3 Å². The summed E-state index contributed by atoms with van der Waals surface area (Å²) in [6, 6.07) is 11.5. The molecule has 2 rings (SSSR count). The second-order valence-electron chi connectivity index (χ2n) is 3.84. The first kappa shape index (κ1) is 14.0. The number of para-hydroxylation sites is 1. The molecule has 1 aromatic heterocycles. The number of benzene rings is 1. The molecule has 1 heterocycles. The molecule has 0 aliphatic rings. The molecule has 0 unspecified atom stereocenters. The van der Waals surface area contributed by atoms with E-state index in [0.29, 0.717) is 30.6 Å². The van der Waals surface area contributed by atoms with Gasteiger partial charge in [0.05, 0.1) is 18.8 Å². The fourth-order valence-corrected chi connectivity index (χ4v) is 2.38. The van der Waals surface area contributed by atoms with Gasteiger partial charge in [0.1, 0.15) is 17.3 Å². The van der Waals surface area contributed by atoms with Crippen molar-refractivity contribution < 1.29 is 9.47 Å². The Morgan fingerprint density at radius 3 is 2.74 bits per heavy atom. The molecule has 0 bridgehead atoms. The maximum absolute atomic E-state index is 5.63. The minimum atomic E-state index is 0.343. The lowest BCUT2D eigenvalue weighted by molar-refractivity contribution is 0.0905. The molecular weight excluding hydrogens is 278 g/mol. The van der Waals surface area contributed by atoms with E-state index in [1.165, 1.54) is 4.88 Å². The third-order valence-corrected chi connectivity index (χ3v) is 3.53. The van der Waals surface area contributed by atoms with E-state index < -0.39 is 0 Å². The van der Waals surface area contributed by atoms with Gasteiger partial charge in [-0.1, -0.05) is 30.4 Å². The monoisotopic (exact) mass is 293 g/mol. The number of ether oxygens (including phenoxy) is 2. The van der Waals surface area contributed by atoms with E-state index >= 15 is 0 Å². The largest absolute Gasteiger partial charge is 0.490 e. The number of hydrogen-bond acceptors (Lipinski definition) is 4. The summed E-state index contributed by atoms with van der Waals surface area (Å²) in [6.45, 7) is 1.63. The Bertz CT molecular complexity index is 526. The van der Waals surface area contributed by atoms with Gasteiger partial charge in [-0.3, -0.25) is 0 Å². The van der Waals surface area contributed by atoms with Gasteiger partial charge in [-0.25, -0.2) is 0 Å². The summed E-state index contributed by atoms with van der Waals surface area (Å²) in [6.07, 6.45) is 0. The van der Waals surface area contributed by atoms with Crippen LogP contribution in [0.1, 0.15) is 10.4 Å². The van der Waals surface area contributed by atoms with Crippen LogP contribution in [-0.2, 0) is 11.3 Å². The van der Waals surface area contributed by atoms with E-state index in [1.807, 2.05) is 41.8 Å². The molecular formula is C14H15NO2S2. The molecule has 0 aliphatic heterocycles. The topological polar surface area (TPSA) is 44.5 Å². The highest BCUT2D eigenvalue weighted by Crippen LogP contribution is 2.17. The molecule has 1 aromatic carbocycles. The van der Waals surface area contributed by atoms with Crippen molar-refractivity contribution in [1.29, 1.82) is 0 Å². The predicted molar refractivity (Wildman–Crippen MR) is 81.8 cm³/mol. The maximum atomic E-state index is 5.63. The first-order chi connectivity index (χ1) is 9.27. The van der Waals surface area contributed by atoms with Crippen LogP contribution in [0.4, 0.5) is 0 Å². The fraction of sp³-hybridized carbons (Fsp3) is 0.214. The Labute approximate surface area is 122 Å². The maximum Gasteiger partial charge on any atom is 0.129 e. The highest BCUT2D eigenvalue weighted by molar-refractivity contribution is 7.80. The molecule has 0 saturated heterocycles. The lowest BCUT2D eigenvalue weighted by atomic mass is 10.2. The van der Waals surface area contributed by atoms with Gasteiger partial charge in [0.2, 0.25) is 0 Å². The van der Waals surface area contributed by atoms with Crippen molar-refractivity contribution in [3.05, 3.63) is 52.2 Å². The van der Waals surface area contributed by atoms with Crippen molar-refractivity contribution in [2.24, 2.45) is 5.73 Å². The van der Waals surface area contributed by atoms with E-state index in [2.05, 4.69) is 0 Å². The summed E-state index contributed by atoms with van der Waals surface area (Å²) in [7, 11) is 0. The molecule has 0 amide bonds. The number of hydrogen-bond donors (Lipinski definition) is 1. The normalized spacial score (nSPS) is 10.3. The third kappa shape index (κ3) is 4.31. The second kappa shape index (κ2) is 7.23. The van der Waals surface area contributed by atoms with Crippen molar-refractivity contribution in [2.75, 3.05) is 13.2 Å². The Kier molecular flexibility index (Phi) is 5.32. The van der Waals surface area contributed by atoms with Crippen LogP contribution in [0, 0.1) is 0 Å². The van der Waals surface area contributed by atoms with Crippen LogP contribution in [0.15, 0.2) is 41.8 Å². The zero-order valence-electron chi connectivity index (χ0n) is 10.4. The van der Waals surface area contributed by atoms with Gasteiger partial charge in [0.15, 0.2) is 0 Å². The fourth-order valence-electron chi connectivity index (χ4n) is 1.57. The summed E-state index contributed by atoms with van der Waals surface area (Å²) in [4.78, 5) is 1.55. The zero-order chi connectivity index (χ0) is 13.5. The average molecular weight is 293 g/mol. The van der Waals surface area contributed by atoms with Crippen molar-refractivity contribution in [3.63, 3.8) is 0 Å². The van der Waals surface area contributed by atoms with Gasteiger partial charge in [0, 0.05) is 4.88 Å². The van der Waals surface area contributed by atoms with Crippen LogP contribution in [0.3, 0.4) is 0 Å². The highest BCUT2D eigenvalue weighted by atomic mass is 32.1. The number of thiocarbonyl (C=S) groups is 1. The Morgan fingerprint density at radius 1 is 1.16 bits per heavy atom. The van der Waals surface area contributed by atoms with Gasteiger partial charge in [-0.2, -0.15) is 0 Å². The summed E-state index contributed by atoms with van der Waals surface area (Å²) < 4.78 is 11.2. The first-order valence-electron chi connectivity index (χ1n) is 5.89. The molecule has 19 heavy (non-hydrogen) atoms. The van der Waals surface area contributed by atoms with Gasteiger partial charge in [0.25, 0.3) is 0 Å². The third-order valence-electron chi connectivity index (χ3n) is 2.46. The molecule has 2 aromatic rings. The molecule has 2 N–H and O–H groups in total. The Hall–Kier alpha value is -1.43. The molecule has 5 heteroatoms. The van der Waals surface area contributed by atoms with Crippen LogP contribution in [-0.4, -0.2) is 18.2 Å². The predicted octanol–water partition coefficient (Wildman–Crippen LogP) is 2.98. The molecule has 0 aliphatic carbocycles. The minimum absolute atomic E-state index is 0.343. The number of nitrogens with two attached hydrogens (primary N) is 1. The van der Waals surface area contributed by atoms with Gasteiger partial charge >= 0.3 is 0 Å². The lowest BCUT2D eigenvalue weighted by Gasteiger charge is -2.10. The number of thiophene rings is 1. The van der Waals surface area contributed by atoms with E-state index in [1.54, 1.807) is 11.3 Å². The summed E-state index contributed by atoms with van der Waals surface area (Å²) >= 11 is 6.66. The summed E-state index contributed by atoms with van der Waals surface area (Å²) in [5.41, 5.74) is 6.39. The van der Waals surface area contributed by atoms with E-state index in [9.17, 15) is 0 Å². The lowest BCUT2D eigenvalue weighted by Crippen LogP contribution is -2.13. The van der Waals surface area contributed by atoms with Crippen LogP contribution < -0.4 is 10.5 Å². The van der Waals surface area contributed by atoms with Crippen LogP contribution >= 0.6 is 23.6 Å². The van der Waals surface area contributed by atoms with Gasteiger partial charge < -0.3 is 15.2 Å². The average Bonchev–Trinajstić information content (AvgIpc) is 2.92. The second-order valence-corrected chi connectivity index (χ2v) is 5.31. The first-order valence-corrected chi connectivity index (χ1v) is 7.18. The van der Waals surface area contributed by atoms with E-state index in [4.69, 9.17) is 27.4 Å². The SMILES string of the molecule is NC(=S)c1ccccc1OCCOCc1cccs1. The van der Waals surface area contributed by atoms with Crippen LogP contribution in [0.5, 0.6) is 5.75 Å². The van der Waals surface area contributed by atoms with Crippen molar-refractivity contribution >= 4 is 28.5 Å². The molecule has 0 radical (unpaired) electrons. The van der Waals surface area contributed by atoms with Crippen molar-refractivity contribution in [2.45, 2.75) is 6.61 Å². The smallest absolute Gasteiger partial charge is 0.129 e. The Balaban J connectivity index is 1.75. The van der Waals surface area contributed by atoms with Crippen molar-refractivity contribution in [3.8, 4) is 5.75 Å². The van der Waals surface area contributed by atoms with E-state index in [0.717, 1.165) is 5.56 Å². The molecule has 100 valence electrons. The summed E-state index contributed by atoms with van der Waals surface area (Å²) in [5, 5.41) is 2.04. The molecule has 0 atom stereocenters. The molecule has 3 nitrogen and oxygen atoms in total. The summed E-state index contributed by atoms with van der Waals surface area (Å²) in [5.74, 6) is 0.703. The molecule has 0 fully saturated rings.